The van der Waals surface area contributed by atoms with Crippen LogP contribution in [0.2, 0.25) is 5.15 Å². The van der Waals surface area contributed by atoms with Crippen molar-refractivity contribution in [2.24, 2.45) is 0 Å². The van der Waals surface area contributed by atoms with E-state index in [4.69, 9.17) is 11.6 Å². The van der Waals surface area contributed by atoms with Crippen LogP contribution in [0.3, 0.4) is 0 Å². The van der Waals surface area contributed by atoms with Crippen molar-refractivity contribution in [2.45, 2.75) is 19.6 Å². The second kappa shape index (κ2) is 4.47. The van der Waals surface area contributed by atoms with Crippen molar-refractivity contribution in [1.29, 1.82) is 0 Å². The van der Waals surface area contributed by atoms with Crippen LogP contribution in [-0.2, 0) is 19.6 Å². The number of imidazole rings is 1. The molecule has 0 unspecified atom stereocenters. The zero-order chi connectivity index (χ0) is 11.7. The molecule has 3 heterocycles. The predicted molar refractivity (Wildman–Crippen MR) is 65.6 cm³/mol. The zero-order valence-corrected chi connectivity index (χ0v) is 10.1. The maximum absolute atomic E-state index is 5.88. The van der Waals surface area contributed by atoms with Crippen LogP contribution in [0.5, 0.6) is 0 Å². The van der Waals surface area contributed by atoms with Gasteiger partial charge in [-0.1, -0.05) is 11.6 Å². The van der Waals surface area contributed by atoms with E-state index >= 15 is 0 Å². The molecule has 2 aromatic rings. The van der Waals surface area contributed by atoms with Crippen molar-refractivity contribution in [3.63, 3.8) is 0 Å². The summed E-state index contributed by atoms with van der Waals surface area (Å²) < 4.78 is 2.20. The molecule has 0 spiro atoms. The van der Waals surface area contributed by atoms with E-state index in [0.717, 1.165) is 32.0 Å². The highest BCUT2D eigenvalue weighted by molar-refractivity contribution is 6.29. The number of hydrogen-bond acceptors (Lipinski definition) is 3. The van der Waals surface area contributed by atoms with Gasteiger partial charge in [0.2, 0.25) is 0 Å². The van der Waals surface area contributed by atoms with Gasteiger partial charge < -0.3 is 4.57 Å². The van der Waals surface area contributed by atoms with E-state index in [1.165, 1.54) is 5.56 Å². The molecule has 3 rings (SSSR count). The zero-order valence-electron chi connectivity index (χ0n) is 9.38. The van der Waals surface area contributed by atoms with Gasteiger partial charge in [-0.3, -0.25) is 4.90 Å². The van der Waals surface area contributed by atoms with Gasteiger partial charge in [0.15, 0.2) is 0 Å². The third kappa shape index (κ3) is 2.33. The van der Waals surface area contributed by atoms with Gasteiger partial charge >= 0.3 is 0 Å². The average molecular weight is 249 g/mol. The maximum Gasteiger partial charge on any atom is 0.129 e. The first-order valence-electron chi connectivity index (χ1n) is 5.64. The number of pyridine rings is 1. The molecule has 0 fully saturated rings. The van der Waals surface area contributed by atoms with Crippen molar-refractivity contribution < 1.29 is 0 Å². The van der Waals surface area contributed by atoms with Gasteiger partial charge in [-0.25, -0.2) is 9.97 Å². The fourth-order valence-corrected chi connectivity index (χ4v) is 2.35. The molecular weight excluding hydrogens is 236 g/mol. The first kappa shape index (κ1) is 10.7. The summed E-state index contributed by atoms with van der Waals surface area (Å²) >= 11 is 5.88. The van der Waals surface area contributed by atoms with E-state index in [-0.39, 0.29) is 0 Å². The molecule has 1 aliphatic heterocycles. The summed E-state index contributed by atoms with van der Waals surface area (Å²) in [5.41, 5.74) is 1.20. The van der Waals surface area contributed by atoms with Crippen LogP contribution in [0, 0.1) is 0 Å². The Kier molecular flexibility index (Phi) is 2.82. The molecule has 0 bridgehead atoms. The second-order valence-electron chi connectivity index (χ2n) is 4.23. The first-order valence-corrected chi connectivity index (χ1v) is 6.02. The standard InChI is InChI=1S/C12H13ClN4/c13-11-7-10(1-2-14-11)8-16-5-6-17-4-3-15-12(17)9-16/h1-4,7H,5-6,8-9H2. The SMILES string of the molecule is Clc1cc(CN2CCn3ccnc3C2)ccn1. The van der Waals surface area contributed by atoms with E-state index in [9.17, 15) is 0 Å². The third-order valence-corrected chi connectivity index (χ3v) is 3.23. The Labute approximate surface area is 105 Å². The van der Waals surface area contributed by atoms with Crippen molar-refractivity contribution in [2.75, 3.05) is 6.54 Å². The van der Waals surface area contributed by atoms with Gasteiger partial charge in [0.25, 0.3) is 0 Å². The molecule has 88 valence electrons. The van der Waals surface area contributed by atoms with E-state index in [2.05, 4.69) is 19.4 Å². The van der Waals surface area contributed by atoms with Crippen molar-refractivity contribution >= 4 is 11.6 Å². The lowest BCUT2D eigenvalue weighted by Crippen LogP contribution is -2.33. The minimum absolute atomic E-state index is 0.556. The van der Waals surface area contributed by atoms with Gasteiger partial charge in [0, 0.05) is 38.2 Å². The maximum atomic E-state index is 5.88. The number of aromatic nitrogens is 3. The summed E-state index contributed by atoms with van der Waals surface area (Å²) in [5.74, 6) is 1.14. The molecule has 0 N–H and O–H groups in total. The van der Waals surface area contributed by atoms with Crippen LogP contribution < -0.4 is 0 Å². The monoisotopic (exact) mass is 248 g/mol. The minimum atomic E-state index is 0.556. The largest absolute Gasteiger partial charge is 0.333 e. The molecule has 0 aliphatic carbocycles. The summed E-state index contributed by atoms with van der Waals surface area (Å²) in [6.45, 7) is 3.85. The topological polar surface area (TPSA) is 34.0 Å². The second-order valence-corrected chi connectivity index (χ2v) is 4.62. The molecule has 0 aromatic carbocycles. The molecule has 0 saturated carbocycles. The molecule has 5 heteroatoms. The number of nitrogens with zero attached hydrogens (tertiary/aromatic N) is 4. The fourth-order valence-electron chi connectivity index (χ4n) is 2.16. The van der Waals surface area contributed by atoms with Crippen LogP contribution in [-0.4, -0.2) is 26.0 Å². The quantitative estimate of drug-likeness (QED) is 0.762. The first-order chi connectivity index (χ1) is 8.31. The van der Waals surface area contributed by atoms with Crippen LogP contribution in [0.25, 0.3) is 0 Å². The van der Waals surface area contributed by atoms with Crippen LogP contribution in [0.1, 0.15) is 11.4 Å². The summed E-state index contributed by atoms with van der Waals surface area (Å²) in [6, 6.07) is 3.93. The summed E-state index contributed by atoms with van der Waals surface area (Å²) in [4.78, 5) is 10.7. The Morgan fingerprint density at radius 3 is 3.06 bits per heavy atom. The lowest BCUT2D eigenvalue weighted by Gasteiger charge is -2.27. The molecule has 0 saturated heterocycles. The number of halogens is 1. The number of hydrogen-bond donors (Lipinski definition) is 0. The van der Waals surface area contributed by atoms with Gasteiger partial charge in [0.1, 0.15) is 11.0 Å². The third-order valence-electron chi connectivity index (χ3n) is 3.02. The Balaban J connectivity index is 1.72. The molecule has 0 atom stereocenters. The number of fused-ring (bicyclic) bond motifs is 1. The van der Waals surface area contributed by atoms with Crippen molar-refractivity contribution in [1.82, 2.24) is 19.4 Å². The Morgan fingerprint density at radius 1 is 1.24 bits per heavy atom. The number of rotatable bonds is 2. The van der Waals surface area contributed by atoms with Crippen LogP contribution in [0.15, 0.2) is 30.7 Å². The summed E-state index contributed by atoms with van der Waals surface area (Å²) in [7, 11) is 0. The predicted octanol–water partition coefficient (Wildman–Crippen LogP) is 1.95. The molecule has 1 aliphatic rings. The molecule has 0 radical (unpaired) electrons. The minimum Gasteiger partial charge on any atom is -0.333 e. The van der Waals surface area contributed by atoms with Crippen molar-refractivity contribution in [3.8, 4) is 0 Å². The highest BCUT2D eigenvalue weighted by Crippen LogP contribution is 2.15. The average Bonchev–Trinajstić information content (AvgIpc) is 2.76. The normalized spacial score (nSPS) is 15.8. The van der Waals surface area contributed by atoms with Gasteiger partial charge in [-0.05, 0) is 17.7 Å². The Morgan fingerprint density at radius 2 is 2.18 bits per heavy atom. The van der Waals surface area contributed by atoms with E-state index in [0.29, 0.717) is 5.15 Å². The van der Waals surface area contributed by atoms with Gasteiger partial charge in [0.05, 0.1) is 6.54 Å². The van der Waals surface area contributed by atoms with E-state index in [1.54, 1.807) is 6.20 Å². The molecule has 0 amide bonds. The van der Waals surface area contributed by atoms with E-state index in [1.807, 2.05) is 24.5 Å². The lowest BCUT2D eigenvalue weighted by molar-refractivity contribution is 0.209. The van der Waals surface area contributed by atoms with Crippen LogP contribution >= 0.6 is 11.6 Å². The summed E-state index contributed by atoms with van der Waals surface area (Å²) in [5, 5.41) is 0.556. The van der Waals surface area contributed by atoms with Crippen LogP contribution in [0.4, 0.5) is 0 Å². The van der Waals surface area contributed by atoms with E-state index < -0.39 is 0 Å². The lowest BCUT2D eigenvalue weighted by atomic mass is 10.2. The Hall–Kier alpha value is -1.39. The molecular formula is C12H13ClN4. The van der Waals surface area contributed by atoms with Gasteiger partial charge in [-0.15, -0.1) is 0 Å². The highest BCUT2D eigenvalue weighted by Gasteiger charge is 2.16. The Bertz CT molecular complexity index is 523. The van der Waals surface area contributed by atoms with Crippen molar-refractivity contribution in [3.05, 3.63) is 47.3 Å². The molecule has 4 nitrogen and oxygen atoms in total. The fraction of sp³-hybridized carbons (Fsp3) is 0.333. The molecule has 17 heavy (non-hydrogen) atoms. The highest BCUT2D eigenvalue weighted by atomic mass is 35.5. The molecule has 2 aromatic heterocycles. The van der Waals surface area contributed by atoms with Gasteiger partial charge in [-0.2, -0.15) is 0 Å². The smallest absolute Gasteiger partial charge is 0.129 e. The summed E-state index contributed by atoms with van der Waals surface area (Å²) in [6.07, 6.45) is 5.65.